The maximum absolute atomic E-state index is 5.85. The average Bonchev–Trinajstić information content (AvgIpc) is 2.36. The average molecular weight is 261 g/mol. The molecule has 0 aliphatic rings. The smallest absolute Gasteiger partial charge is 0.132 e. The Bertz CT molecular complexity index is 572. The zero-order valence-corrected chi connectivity index (χ0v) is 11.4. The van der Waals surface area contributed by atoms with Crippen LogP contribution in [0.15, 0.2) is 34.2 Å². The highest BCUT2D eigenvalue weighted by atomic mass is 32.2. The van der Waals surface area contributed by atoms with Gasteiger partial charge in [-0.3, -0.25) is 0 Å². The van der Waals surface area contributed by atoms with Gasteiger partial charge in [0, 0.05) is 5.56 Å². The van der Waals surface area contributed by atoms with Crippen LogP contribution in [0.3, 0.4) is 0 Å². The molecular weight excluding hydrogens is 246 g/mol. The zero-order chi connectivity index (χ0) is 13.1. The Labute approximate surface area is 111 Å². The molecule has 0 saturated carbocycles. The van der Waals surface area contributed by atoms with E-state index in [2.05, 4.69) is 9.97 Å². The molecule has 0 amide bonds. The molecule has 2 N–H and O–H groups in total. The van der Waals surface area contributed by atoms with Gasteiger partial charge in [0.05, 0.1) is 12.0 Å². The van der Waals surface area contributed by atoms with Crippen LogP contribution < -0.4 is 10.5 Å². The van der Waals surface area contributed by atoms with E-state index in [1.165, 1.54) is 11.8 Å². The number of nitrogen functional groups attached to an aromatic ring is 1. The number of rotatable bonds is 3. The lowest BCUT2D eigenvalue weighted by Crippen LogP contribution is -2.01. The molecule has 0 saturated heterocycles. The van der Waals surface area contributed by atoms with E-state index in [0.717, 1.165) is 21.2 Å². The Morgan fingerprint density at radius 2 is 1.89 bits per heavy atom. The molecule has 5 heteroatoms. The van der Waals surface area contributed by atoms with Crippen molar-refractivity contribution < 1.29 is 4.74 Å². The van der Waals surface area contributed by atoms with Gasteiger partial charge in [-0.15, -0.1) is 0 Å². The van der Waals surface area contributed by atoms with Crippen molar-refractivity contribution in [2.24, 2.45) is 0 Å². The van der Waals surface area contributed by atoms with Gasteiger partial charge in [0.25, 0.3) is 0 Å². The Morgan fingerprint density at radius 1 is 1.17 bits per heavy atom. The molecule has 1 aromatic heterocycles. The normalized spacial score (nSPS) is 10.4. The standard InChI is InChI=1S/C13H15N3OS/c1-8-12(14)15-9(2)16-13(8)18-11-7-5-4-6-10(11)17-3/h4-7H,1-3H3,(H2,14,15,16). The lowest BCUT2D eigenvalue weighted by molar-refractivity contribution is 0.405. The summed E-state index contributed by atoms with van der Waals surface area (Å²) in [4.78, 5) is 9.58. The second kappa shape index (κ2) is 5.27. The molecule has 2 rings (SSSR count). The number of ether oxygens (including phenoxy) is 1. The minimum absolute atomic E-state index is 0.528. The first-order chi connectivity index (χ1) is 8.61. The second-order valence-electron chi connectivity index (χ2n) is 3.84. The SMILES string of the molecule is COc1ccccc1Sc1nc(C)nc(N)c1C. The number of nitrogens with two attached hydrogens (primary N) is 1. The van der Waals surface area contributed by atoms with Gasteiger partial charge in [-0.2, -0.15) is 0 Å². The van der Waals surface area contributed by atoms with E-state index >= 15 is 0 Å². The summed E-state index contributed by atoms with van der Waals surface area (Å²) in [6, 6.07) is 7.83. The molecule has 0 unspecified atom stereocenters. The number of benzene rings is 1. The molecule has 0 bridgehead atoms. The summed E-state index contributed by atoms with van der Waals surface area (Å²) in [6.45, 7) is 3.76. The number of nitrogens with zero attached hydrogens (tertiary/aromatic N) is 2. The number of para-hydroxylation sites is 1. The first-order valence-electron chi connectivity index (χ1n) is 5.53. The third-order valence-electron chi connectivity index (χ3n) is 2.53. The van der Waals surface area contributed by atoms with E-state index in [1.807, 2.05) is 38.1 Å². The predicted molar refractivity (Wildman–Crippen MR) is 73.0 cm³/mol. The molecule has 0 aliphatic carbocycles. The Hall–Kier alpha value is -1.75. The van der Waals surface area contributed by atoms with Crippen molar-refractivity contribution in [1.29, 1.82) is 0 Å². The van der Waals surface area contributed by atoms with Crippen molar-refractivity contribution in [3.05, 3.63) is 35.7 Å². The minimum Gasteiger partial charge on any atom is -0.496 e. The molecule has 0 radical (unpaired) electrons. The lowest BCUT2D eigenvalue weighted by atomic mass is 10.3. The van der Waals surface area contributed by atoms with Crippen molar-refractivity contribution in [2.75, 3.05) is 12.8 Å². The summed E-state index contributed by atoms with van der Waals surface area (Å²) >= 11 is 1.54. The zero-order valence-electron chi connectivity index (χ0n) is 10.6. The van der Waals surface area contributed by atoms with E-state index in [9.17, 15) is 0 Å². The summed E-state index contributed by atoms with van der Waals surface area (Å²) in [5.41, 5.74) is 6.75. The van der Waals surface area contributed by atoms with Gasteiger partial charge in [-0.05, 0) is 26.0 Å². The van der Waals surface area contributed by atoms with E-state index < -0.39 is 0 Å². The van der Waals surface area contributed by atoms with Crippen LogP contribution in [-0.4, -0.2) is 17.1 Å². The number of anilines is 1. The van der Waals surface area contributed by atoms with Crippen molar-refractivity contribution in [1.82, 2.24) is 9.97 Å². The fourth-order valence-electron chi connectivity index (χ4n) is 1.53. The summed E-state index contributed by atoms with van der Waals surface area (Å²) < 4.78 is 5.32. The summed E-state index contributed by atoms with van der Waals surface area (Å²) in [5.74, 6) is 2.03. The maximum Gasteiger partial charge on any atom is 0.132 e. The monoisotopic (exact) mass is 261 g/mol. The third-order valence-corrected chi connectivity index (χ3v) is 3.67. The van der Waals surface area contributed by atoms with Crippen LogP contribution in [0.4, 0.5) is 5.82 Å². The van der Waals surface area contributed by atoms with E-state index in [-0.39, 0.29) is 0 Å². The molecule has 1 heterocycles. The van der Waals surface area contributed by atoms with Crippen LogP contribution in [0.1, 0.15) is 11.4 Å². The highest BCUT2D eigenvalue weighted by molar-refractivity contribution is 7.99. The Kier molecular flexibility index (Phi) is 3.72. The topological polar surface area (TPSA) is 61.0 Å². The van der Waals surface area contributed by atoms with Crippen LogP contribution >= 0.6 is 11.8 Å². The van der Waals surface area contributed by atoms with Gasteiger partial charge in [0.15, 0.2) is 0 Å². The second-order valence-corrected chi connectivity index (χ2v) is 4.87. The molecule has 0 aliphatic heterocycles. The van der Waals surface area contributed by atoms with Gasteiger partial charge in [0.1, 0.15) is 22.4 Å². The van der Waals surface area contributed by atoms with Gasteiger partial charge < -0.3 is 10.5 Å². The van der Waals surface area contributed by atoms with Crippen molar-refractivity contribution >= 4 is 17.6 Å². The van der Waals surface area contributed by atoms with Gasteiger partial charge >= 0.3 is 0 Å². The van der Waals surface area contributed by atoms with Crippen LogP contribution in [0, 0.1) is 13.8 Å². The largest absolute Gasteiger partial charge is 0.496 e. The highest BCUT2D eigenvalue weighted by Crippen LogP contribution is 2.35. The predicted octanol–water partition coefficient (Wildman–Crippen LogP) is 2.84. The van der Waals surface area contributed by atoms with Crippen LogP contribution in [0.25, 0.3) is 0 Å². The highest BCUT2D eigenvalue weighted by Gasteiger charge is 2.11. The lowest BCUT2D eigenvalue weighted by Gasteiger charge is -2.10. The van der Waals surface area contributed by atoms with Gasteiger partial charge in [0.2, 0.25) is 0 Å². The summed E-state index contributed by atoms with van der Waals surface area (Å²) in [6.07, 6.45) is 0. The van der Waals surface area contributed by atoms with E-state index in [1.54, 1.807) is 7.11 Å². The molecule has 1 aromatic carbocycles. The molecule has 0 spiro atoms. The first kappa shape index (κ1) is 12.7. The molecular formula is C13H15N3OS. The Balaban J connectivity index is 2.40. The molecule has 18 heavy (non-hydrogen) atoms. The maximum atomic E-state index is 5.85. The first-order valence-corrected chi connectivity index (χ1v) is 6.35. The Morgan fingerprint density at radius 3 is 2.61 bits per heavy atom. The molecule has 0 atom stereocenters. The molecule has 94 valence electrons. The van der Waals surface area contributed by atoms with Crippen LogP contribution in [0.2, 0.25) is 0 Å². The van der Waals surface area contributed by atoms with E-state index in [4.69, 9.17) is 10.5 Å². The van der Waals surface area contributed by atoms with Gasteiger partial charge in [-0.1, -0.05) is 23.9 Å². The number of hydrogen-bond donors (Lipinski definition) is 1. The van der Waals surface area contributed by atoms with Crippen molar-refractivity contribution in [3.63, 3.8) is 0 Å². The van der Waals surface area contributed by atoms with E-state index in [0.29, 0.717) is 11.6 Å². The quantitative estimate of drug-likeness (QED) is 0.861. The molecule has 2 aromatic rings. The van der Waals surface area contributed by atoms with Gasteiger partial charge in [-0.25, -0.2) is 9.97 Å². The minimum atomic E-state index is 0.528. The van der Waals surface area contributed by atoms with Crippen molar-refractivity contribution in [3.8, 4) is 5.75 Å². The summed E-state index contributed by atoms with van der Waals surface area (Å²) in [7, 11) is 1.66. The number of aryl methyl sites for hydroxylation is 1. The fraction of sp³-hybridized carbons (Fsp3) is 0.231. The summed E-state index contributed by atoms with van der Waals surface area (Å²) in [5, 5.41) is 0.865. The van der Waals surface area contributed by atoms with Crippen molar-refractivity contribution in [2.45, 2.75) is 23.8 Å². The van der Waals surface area contributed by atoms with Crippen LogP contribution in [0.5, 0.6) is 5.75 Å². The molecule has 0 fully saturated rings. The molecule has 4 nitrogen and oxygen atoms in total. The number of hydrogen-bond acceptors (Lipinski definition) is 5. The van der Waals surface area contributed by atoms with Crippen LogP contribution in [-0.2, 0) is 0 Å². The number of methoxy groups -OCH3 is 1. The fourth-order valence-corrected chi connectivity index (χ4v) is 2.57. The number of aromatic nitrogens is 2. The third kappa shape index (κ3) is 2.56.